The van der Waals surface area contributed by atoms with E-state index in [2.05, 4.69) is 27.6 Å². The van der Waals surface area contributed by atoms with Gasteiger partial charge in [-0.05, 0) is 37.5 Å². The van der Waals surface area contributed by atoms with Gasteiger partial charge in [0, 0.05) is 62.6 Å². The Morgan fingerprint density at radius 2 is 1.97 bits per heavy atom. The van der Waals surface area contributed by atoms with E-state index in [1.807, 2.05) is 13.0 Å². The highest BCUT2D eigenvalue weighted by Gasteiger charge is 2.34. The Bertz CT molecular complexity index is 1030. The lowest BCUT2D eigenvalue weighted by Crippen LogP contribution is -2.39. The summed E-state index contributed by atoms with van der Waals surface area (Å²) in [6.07, 6.45) is 2.39. The van der Waals surface area contributed by atoms with Crippen molar-refractivity contribution in [2.45, 2.75) is 38.8 Å². The zero-order chi connectivity index (χ0) is 22.4. The van der Waals surface area contributed by atoms with E-state index < -0.39 is 0 Å². The number of hydrogen-bond donors (Lipinski definition) is 0. The molecule has 0 radical (unpaired) electrons. The summed E-state index contributed by atoms with van der Waals surface area (Å²) in [5, 5.41) is 5.93. The molecule has 1 amide bonds. The number of likely N-dealkylation sites (N-methyl/N-ethyl adjacent to an activating group) is 1. The number of methoxy groups -OCH3 is 1. The van der Waals surface area contributed by atoms with Gasteiger partial charge >= 0.3 is 6.09 Å². The van der Waals surface area contributed by atoms with Gasteiger partial charge < -0.3 is 24.2 Å². The van der Waals surface area contributed by atoms with Crippen molar-refractivity contribution >= 4 is 34.9 Å². The fraction of sp³-hybridized carbons (Fsp3) is 0.565. The molecule has 32 heavy (non-hydrogen) atoms. The lowest BCUT2D eigenvalue weighted by molar-refractivity contribution is 0.0649. The summed E-state index contributed by atoms with van der Waals surface area (Å²) in [5.41, 5.74) is 5.61. The van der Waals surface area contributed by atoms with E-state index >= 15 is 0 Å². The Morgan fingerprint density at radius 1 is 1.19 bits per heavy atom. The number of carbonyl (C=O) groups excluding carboxylic acids is 1. The van der Waals surface area contributed by atoms with Gasteiger partial charge in [-0.15, -0.1) is 0 Å². The second kappa shape index (κ2) is 8.48. The van der Waals surface area contributed by atoms with Crippen molar-refractivity contribution in [1.29, 1.82) is 0 Å². The largest absolute Gasteiger partial charge is 0.453 e. The average molecular weight is 460 g/mol. The monoisotopic (exact) mass is 459 g/mol. The fourth-order valence-electron chi connectivity index (χ4n) is 5.05. The number of carbonyl (C=O) groups is 1. The number of nitrogens with zero attached hydrogens (tertiary/aromatic N) is 5. The van der Waals surface area contributed by atoms with Crippen LogP contribution < -0.4 is 9.80 Å². The van der Waals surface area contributed by atoms with Gasteiger partial charge in [0.05, 0.1) is 31.1 Å². The van der Waals surface area contributed by atoms with Gasteiger partial charge in [-0.1, -0.05) is 11.6 Å². The zero-order valence-corrected chi connectivity index (χ0v) is 19.7. The zero-order valence-electron chi connectivity index (χ0n) is 18.9. The normalized spacial score (nSPS) is 19.1. The maximum atomic E-state index is 12.3. The summed E-state index contributed by atoms with van der Waals surface area (Å²) < 4.78 is 12.8. The first kappa shape index (κ1) is 21.4. The molecule has 0 atom stereocenters. The van der Waals surface area contributed by atoms with E-state index in [0.717, 1.165) is 78.9 Å². The Hall–Kier alpha value is -2.45. The molecule has 172 valence electrons. The van der Waals surface area contributed by atoms with E-state index in [4.69, 9.17) is 26.2 Å². The van der Waals surface area contributed by atoms with Crippen LogP contribution in [-0.2, 0) is 22.4 Å². The number of amides is 1. The van der Waals surface area contributed by atoms with Crippen LogP contribution in [0.3, 0.4) is 0 Å². The number of halogens is 1. The minimum atomic E-state index is -0.294. The molecule has 8 nitrogen and oxygen atoms in total. The standard InChI is InChI=1S/C23H30ClN5O3/c1-15-12-20-21(13-18(15)24)28(9-8-26(20)2)22-17-14-27(23(30)31-3)7-4-19(17)29(25-22)16-5-10-32-11-6-16/h12-13,16H,4-11,14H2,1-3H3. The lowest BCUT2D eigenvalue weighted by atomic mass is 10.0. The first-order chi connectivity index (χ1) is 15.5. The van der Waals surface area contributed by atoms with Crippen molar-refractivity contribution in [1.82, 2.24) is 14.7 Å². The molecule has 1 fully saturated rings. The molecule has 3 aliphatic rings. The van der Waals surface area contributed by atoms with Gasteiger partial charge in [0.2, 0.25) is 0 Å². The first-order valence-corrected chi connectivity index (χ1v) is 11.7. The quantitative estimate of drug-likeness (QED) is 0.678. The lowest BCUT2D eigenvalue weighted by Gasteiger charge is -2.37. The number of hydrogen-bond acceptors (Lipinski definition) is 6. The Balaban J connectivity index is 1.61. The van der Waals surface area contributed by atoms with E-state index in [0.29, 0.717) is 19.1 Å². The van der Waals surface area contributed by atoms with Gasteiger partial charge in [0.25, 0.3) is 0 Å². The number of anilines is 3. The second-order valence-corrected chi connectivity index (χ2v) is 9.25. The third-order valence-corrected chi connectivity index (χ3v) is 7.31. The van der Waals surface area contributed by atoms with Crippen LogP contribution >= 0.6 is 11.6 Å². The Labute approximate surface area is 193 Å². The summed E-state index contributed by atoms with van der Waals surface area (Å²) in [6, 6.07) is 4.51. The van der Waals surface area contributed by atoms with E-state index in [1.165, 1.54) is 12.8 Å². The summed E-state index contributed by atoms with van der Waals surface area (Å²) in [6.45, 7) is 6.38. The number of fused-ring (bicyclic) bond motifs is 2. The summed E-state index contributed by atoms with van der Waals surface area (Å²) >= 11 is 6.55. The average Bonchev–Trinajstić information content (AvgIpc) is 3.19. The number of ether oxygens (including phenoxy) is 2. The summed E-state index contributed by atoms with van der Waals surface area (Å²) in [7, 11) is 3.55. The van der Waals surface area contributed by atoms with Crippen molar-refractivity contribution in [2.24, 2.45) is 0 Å². The molecule has 3 aliphatic heterocycles. The molecule has 2 aromatic rings. The summed E-state index contributed by atoms with van der Waals surface area (Å²) in [4.78, 5) is 18.6. The Morgan fingerprint density at radius 3 is 2.72 bits per heavy atom. The number of benzene rings is 1. The SMILES string of the molecule is COC(=O)N1CCc2c(c(N3CCN(C)c4cc(C)c(Cl)cc43)nn2C2CCOCC2)C1. The van der Waals surface area contributed by atoms with Crippen molar-refractivity contribution in [3.05, 3.63) is 34.0 Å². The highest BCUT2D eigenvalue weighted by molar-refractivity contribution is 6.31. The highest BCUT2D eigenvalue weighted by atomic mass is 35.5. The van der Waals surface area contributed by atoms with E-state index in [-0.39, 0.29) is 6.09 Å². The van der Waals surface area contributed by atoms with Crippen LogP contribution in [0.5, 0.6) is 0 Å². The van der Waals surface area contributed by atoms with Crippen molar-refractivity contribution in [2.75, 3.05) is 56.8 Å². The first-order valence-electron chi connectivity index (χ1n) is 11.3. The minimum absolute atomic E-state index is 0.294. The van der Waals surface area contributed by atoms with Gasteiger partial charge in [-0.2, -0.15) is 5.10 Å². The molecule has 1 aromatic heterocycles. The van der Waals surface area contributed by atoms with Crippen LogP contribution in [0.25, 0.3) is 0 Å². The van der Waals surface area contributed by atoms with Gasteiger partial charge in [0.1, 0.15) is 0 Å². The maximum absolute atomic E-state index is 12.3. The smallest absolute Gasteiger partial charge is 0.409 e. The molecule has 0 bridgehead atoms. The van der Waals surface area contributed by atoms with Crippen LogP contribution in [0, 0.1) is 6.92 Å². The number of aryl methyl sites for hydroxylation is 1. The molecular formula is C23H30ClN5O3. The topological polar surface area (TPSA) is 63.1 Å². The molecule has 0 aliphatic carbocycles. The van der Waals surface area contributed by atoms with Gasteiger partial charge in [-0.25, -0.2) is 4.79 Å². The highest BCUT2D eigenvalue weighted by Crippen LogP contribution is 2.43. The molecule has 0 spiro atoms. The maximum Gasteiger partial charge on any atom is 0.409 e. The fourth-order valence-corrected chi connectivity index (χ4v) is 5.21. The Kier molecular flexibility index (Phi) is 5.67. The summed E-state index contributed by atoms with van der Waals surface area (Å²) in [5.74, 6) is 0.925. The van der Waals surface area contributed by atoms with Crippen LogP contribution in [0.1, 0.15) is 35.7 Å². The predicted molar refractivity (Wildman–Crippen MR) is 124 cm³/mol. The molecule has 0 N–H and O–H groups in total. The third kappa shape index (κ3) is 3.59. The molecule has 0 saturated carbocycles. The molecular weight excluding hydrogens is 430 g/mol. The predicted octanol–water partition coefficient (Wildman–Crippen LogP) is 3.91. The molecule has 1 aromatic carbocycles. The third-order valence-electron chi connectivity index (χ3n) is 6.91. The van der Waals surface area contributed by atoms with E-state index in [1.54, 1.807) is 4.90 Å². The molecule has 0 unspecified atom stereocenters. The van der Waals surface area contributed by atoms with Crippen molar-refractivity contribution < 1.29 is 14.3 Å². The number of rotatable bonds is 2. The minimum Gasteiger partial charge on any atom is -0.453 e. The number of aromatic nitrogens is 2. The van der Waals surface area contributed by atoms with Gasteiger partial charge in [-0.3, -0.25) is 4.68 Å². The van der Waals surface area contributed by atoms with Crippen molar-refractivity contribution in [3.8, 4) is 0 Å². The molecule has 9 heteroatoms. The molecule has 1 saturated heterocycles. The second-order valence-electron chi connectivity index (χ2n) is 8.84. The van der Waals surface area contributed by atoms with Crippen LogP contribution in [0.4, 0.5) is 22.0 Å². The van der Waals surface area contributed by atoms with Crippen molar-refractivity contribution in [3.63, 3.8) is 0 Å². The molecule has 4 heterocycles. The molecule has 5 rings (SSSR count). The van der Waals surface area contributed by atoms with Crippen LogP contribution in [-0.4, -0.2) is 67.8 Å². The van der Waals surface area contributed by atoms with E-state index in [9.17, 15) is 4.79 Å². The van der Waals surface area contributed by atoms with Crippen LogP contribution in [0.2, 0.25) is 5.02 Å². The van der Waals surface area contributed by atoms with Crippen LogP contribution in [0.15, 0.2) is 12.1 Å². The van der Waals surface area contributed by atoms with Gasteiger partial charge in [0.15, 0.2) is 5.82 Å².